The van der Waals surface area contributed by atoms with Crippen LogP contribution in [0, 0.1) is 5.82 Å². The van der Waals surface area contributed by atoms with Crippen molar-refractivity contribution >= 4 is 27.8 Å². The number of hydrogen-bond donors (Lipinski definition) is 1. The van der Waals surface area contributed by atoms with Crippen molar-refractivity contribution in [2.75, 3.05) is 31.7 Å². The molecule has 0 atom stereocenters. The van der Waals surface area contributed by atoms with Gasteiger partial charge in [-0.2, -0.15) is 0 Å². The molecule has 1 fully saturated rings. The first-order chi connectivity index (χ1) is 13.1. The number of fused-ring (bicyclic) bond motifs is 1. The number of carbonyl (C=O) groups is 1. The number of rotatable bonds is 4. The van der Waals surface area contributed by atoms with Crippen molar-refractivity contribution in [3.63, 3.8) is 0 Å². The number of ether oxygens (including phenoxy) is 1. The Morgan fingerprint density at radius 1 is 1.19 bits per heavy atom. The van der Waals surface area contributed by atoms with E-state index in [1.807, 2.05) is 12.1 Å². The molecule has 1 aliphatic rings. The van der Waals surface area contributed by atoms with Crippen LogP contribution in [-0.2, 0) is 21.4 Å². The van der Waals surface area contributed by atoms with Crippen LogP contribution in [0.3, 0.4) is 0 Å². The highest BCUT2D eigenvalue weighted by molar-refractivity contribution is 7.96. The van der Waals surface area contributed by atoms with E-state index in [-0.39, 0.29) is 5.56 Å². The lowest BCUT2D eigenvalue weighted by atomic mass is 10.1. The number of hydrogen-bond acceptors (Lipinski definition) is 4. The van der Waals surface area contributed by atoms with Crippen molar-refractivity contribution in [1.29, 1.82) is 0 Å². The number of nitrogens with one attached hydrogen (secondary N) is 1. The van der Waals surface area contributed by atoms with E-state index in [0.717, 1.165) is 30.5 Å². The van der Waals surface area contributed by atoms with Gasteiger partial charge in [0, 0.05) is 29.6 Å². The number of halogens is 1. The second-order valence-corrected chi connectivity index (χ2v) is 8.92. The predicted molar refractivity (Wildman–Crippen MR) is 107 cm³/mol. The topological polar surface area (TPSA) is 51.5 Å². The summed E-state index contributed by atoms with van der Waals surface area (Å²) in [7, 11) is 1.72. The molecule has 140 valence electrons. The van der Waals surface area contributed by atoms with Gasteiger partial charge in [0.1, 0.15) is 40.0 Å². The SMILES string of the molecule is COC(=O)c1cc(F)cc2cc(-c3ccc(C[S+]4CCNCC4)cc3)oc12. The van der Waals surface area contributed by atoms with Crippen LogP contribution in [0.5, 0.6) is 0 Å². The summed E-state index contributed by atoms with van der Waals surface area (Å²) in [6, 6.07) is 12.6. The zero-order chi connectivity index (χ0) is 18.8. The van der Waals surface area contributed by atoms with E-state index in [1.54, 1.807) is 6.07 Å². The minimum atomic E-state index is -0.612. The molecule has 0 unspecified atom stereocenters. The van der Waals surface area contributed by atoms with Crippen molar-refractivity contribution in [3.8, 4) is 11.3 Å². The summed E-state index contributed by atoms with van der Waals surface area (Å²) in [6.45, 7) is 2.22. The van der Waals surface area contributed by atoms with Gasteiger partial charge in [-0.05, 0) is 29.1 Å². The van der Waals surface area contributed by atoms with Gasteiger partial charge in [-0.25, -0.2) is 9.18 Å². The predicted octanol–water partition coefficient (Wildman–Crippen LogP) is 3.75. The van der Waals surface area contributed by atoms with Crippen LogP contribution in [0.4, 0.5) is 4.39 Å². The van der Waals surface area contributed by atoms with Gasteiger partial charge in [0.25, 0.3) is 0 Å². The molecule has 0 aliphatic carbocycles. The molecule has 1 aromatic heterocycles. The van der Waals surface area contributed by atoms with Crippen molar-refractivity contribution in [2.45, 2.75) is 5.75 Å². The molecule has 0 amide bonds. The van der Waals surface area contributed by atoms with Gasteiger partial charge in [0.2, 0.25) is 0 Å². The first-order valence-corrected chi connectivity index (χ1v) is 10.6. The summed E-state index contributed by atoms with van der Waals surface area (Å²) in [5, 5.41) is 3.95. The average Bonchev–Trinajstić information content (AvgIpc) is 3.12. The van der Waals surface area contributed by atoms with E-state index >= 15 is 0 Å². The summed E-state index contributed by atoms with van der Waals surface area (Å²) in [6.07, 6.45) is 0. The van der Waals surface area contributed by atoms with E-state index in [1.165, 1.54) is 30.2 Å². The molecule has 1 aliphatic heterocycles. The Bertz CT molecular complexity index is 961. The third-order valence-corrected chi connectivity index (χ3v) is 7.04. The summed E-state index contributed by atoms with van der Waals surface area (Å²) in [4.78, 5) is 11.9. The third-order valence-electron chi connectivity index (χ3n) is 4.73. The van der Waals surface area contributed by atoms with Crippen LogP contribution in [0.25, 0.3) is 22.3 Å². The highest BCUT2D eigenvalue weighted by Gasteiger charge is 2.22. The molecule has 4 rings (SSSR count). The fourth-order valence-corrected chi connectivity index (χ4v) is 5.35. The van der Waals surface area contributed by atoms with Crippen LogP contribution in [-0.4, -0.2) is 37.7 Å². The summed E-state index contributed by atoms with van der Waals surface area (Å²) in [5.74, 6) is 3.10. The van der Waals surface area contributed by atoms with Gasteiger partial charge in [0.05, 0.1) is 7.11 Å². The lowest BCUT2D eigenvalue weighted by molar-refractivity contribution is 0.0601. The molecule has 2 aromatic carbocycles. The molecule has 3 aromatic rings. The maximum absolute atomic E-state index is 13.8. The molecule has 0 spiro atoms. The van der Waals surface area contributed by atoms with Crippen molar-refractivity contribution < 1.29 is 18.3 Å². The number of carbonyl (C=O) groups excluding carboxylic acids is 1. The third kappa shape index (κ3) is 3.87. The molecule has 6 heteroatoms. The van der Waals surface area contributed by atoms with Crippen LogP contribution >= 0.6 is 0 Å². The van der Waals surface area contributed by atoms with E-state index in [0.29, 0.717) is 27.6 Å². The Morgan fingerprint density at radius 3 is 2.63 bits per heavy atom. The van der Waals surface area contributed by atoms with E-state index in [4.69, 9.17) is 9.15 Å². The Hall–Kier alpha value is -2.31. The lowest BCUT2D eigenvalue weighted by Gasteiger charge is -2.15. The minimum absolute atomic E-state index is 0.0995. The monoisotopic (exact) mass is 386 g/mol. The van der Waals surface area contributed by atoms with Crippen molar-refractivity contribution in [2.24, 2.45) is 0 Å². The fourth-order valence-electron chi connectivity index (χ4n) is 3.33. The zero-order valence-electron chi connectivity index (χ0n) is 15.1. The first kappa shape index (κ1) is 18.1. The molecule has 0 saturated carbocycles. The molecule has 27 heavy (non-hydrogen) atoms. The first-order valence-electron chi connectivity index (χ1n) is 8.89. The number of furan rings is 1. The van der Waals surface area contributed by atoms with E-state index < -0.39 is 11.8 Å². The summed E-state index contributed by atoms with van der Waals surface area (Å²) < 4.78 is 24.4. The molecule has 2 heterocycles. The van der Waals surface area contributed by atoms with Crippen LogP contribution < -0.4 is 5.32 Å². The normalized spacial score (nSPS) is 15.2. The Morgan fingerprint density at radius 2 is 1.93 bits per heavy atom. The van der Waals surface area contributed by atoms with Gasteiger partial charge in [-0.1, -0.05) is 24.3 Å². The Labute approximate surface area is 160 Å². The van der Waals surface area contributed by atoms with Crippen LogP contribution in [0.1, 0.15) is 15.9 Å². The van der Waals surface area contributed by atoms with Crippen molar-refractivity contribution in [3.05, 3.63) is 59.4 Å². The highest BCUT2D eigenvalue weighted by atomic mass is 32.2. The van der Waals surface area contributed by atoms with E-state index in [2.05, 4.69) is 17.4 Å². The fraction of sp³-hybridized carbons (Fsp3) is 0.286. The molecule has 0 radical (unpaired) electrons. The van der Waals surface area contributed by atoms with Gasteiger partial charge < -0.3 is 14.5 Å². The molecular weight excluding hydrogens is 365 g/mol. The molecule has 4 nitrogen and oxygen atoms in total. The number of esters is 1. The zero-order valence-corrected chi connectivity index (χ0v) is 15.9. The maximum Gasteiger partial charge on any atom is 0.341 e. The largest absolute Gasteiger partial charge is 0.465 e. The van der Waals surface area contributed by atoms with E-state index in [9.17, 15) is 9.18 Å². The minimum Gasteiger partial charge on any atom is -0.465 e. The molecular formula is C21H21FNO3S+. The second-order valence-electron chi connectivity index (χ2n) is 6.59. The smallest absolute Gasteiger partial charge is 0.341 e. The summed E-state index contributed by atoms with van der Waals surface area (Å²) >= 11 is 0. The van der Waals surface area contributed by atoms with Gasteiger partial charge >= 0.3 is 5.97 Å². The second kappa shape index (κ2) is 7.74. The Balaban J connectivity index is 1.61. The van der Waals surface area contributed by atoms with Crippen molar-refractivity contribution in [1.82, 2.24) is 5.32 Å². The van der Waals surface area contributed by atoms with Gasteiger partial charge in [0.15, 0.2) is 0 Å². The number of methoxy groups -OCH3 is 1. The van der Waals surface area contributed by atoms with Crippen LogP contribution in [0.2, 0.25) is 0 Å². The maximum atomic E-state index is 13.8. The standard InChI is InChI=1S/C21H21FNO3S/c1-25-21(24)18-12-17(22)10-16-11-19(26-20(16)18)15-4-2-14(3-5-15)13-27-8-6-23-7-9-27/h2-5,10-12,23H,6-9,13H2,1H3/q+1. The highest BCUT2D eigenvalue weighted by Crippen LogP contribution is 2.31. The molecule has 1 saturated heterocycles. The Kier molecular flexibility index (Phi) is 5.18. The van der Waals surface area contributed by atoms with Gasteiger partial charge in [-0.15, -0.1) is 0 Å². The van der Waals surface area contributed by atoms with Crippen LogP contribution in [0.15, 0.2) is 46.9 Å². The number of benzene rings is 2. The molecule has 0 bridgehead atoms. The molecule has 1 N–H and O–H groups in total. The quantitative estimate of drug-likeness (QED) is 0.548. The average molecular weight is 386 g/mol. The van der Waals surface area contributed by atoms with Gasteiger partial charge in [-0.3, -0.25) is 0 Å². The summed E-state index contributed by atoms with van der Waals surface area (Å²) in [5.41, 5.74) is 2.67. The lowest BCUT2D eigenvalue weighted by Crippen LogP contribution is -2.36.